The number of hydrogen-bond donors (Lipinski definition) is 2. The molecule has 1 heterocycles. The van der Waals surface area contributed by atoms with E-state index in [2.05, 4.69) is 15.1 Å². The van der Waals surface area contributed by atoms with Crippen molar-refractivity contribution in [2.45, 2.75) is 23.8 Å². The number of anilines is 1. The van der Waals surface area contributed by atoms with Gasteiger partial charge in [-0.3, -0.25) is 4.79 Å². The molecule has 3 aromatic carbocycles. The molecule has 2 N–H and O–H groups in total. The number of nitrogens with zero attached hydrogens (tertiary/aromatic N) is 2. The lowest BCUT2D eigenvalue weighted by molar-refractivity contribution is 0.102. The number of carbonyl (C=O) groups excluding carboxylic acids is 1. The van der Waals surface area contributed by atoms with Crippen LogP contribution in [0.15, 0.2) is 90.0 Å². The average Bonchev–Trinajstić information content (AvgIpc) is 3.57. The van der Waals surface area contributed by atoms with E-state index in [9.17, 15) is 13.2 Å². The van der Waals surface area contributed by atoms with E-state index in [4.69, 9.17) is 4.74 Å². The topological polar surface area (TPSA) is 102 Å². The molecular weight excluding hydrogens is 464 g/mol. The number of ether oxygens (including phenoxy) is 1. The van der Waals surface area contributed by atoms with E-state index in [1.807, 2.05) is 48.5 Å². The third-order valence-corrected chi connectivity index (χ3v) is 7.16. The van der Waals surface area contributed by atoms with E-state index < -0.39 is 15.9 Å². The van der Waals surface area contributed by atoms with Gasteiger partial charge in [0.25, 0.3) is 5.91 Å². The van der Waals surface area contributed by atoms with Crippen molar-refractivity contribution in [3.8, 4) is 22.7 Å². The normalized spacial score (nSPS) is 13.4. The summed E-state index contributed by atoms with van der Waals surface area (Å²) in [6.45, 7) is 0. The van der Waals surface area contributed by atoms with Gasteiger partial charge in [0, 0.05) is 23.5 Å². The molecule has 0 atom stereocenters. The first kappa shape index (κ1) is 22.8. The van der Waals surface area contributed by atoms with Crippen molar-refractivity contribution in [2.75, 3.05) is 12.4 Å². The first-order valence-electron chi connectivity index (χ1n) is 11.2. The number of aromatic nitrogens is 2. The van der Waals surface area contributed by atoms with Crippen molar-refractivity contribution in [2.24, 2.45) is 0 Å². The zero-order valence-corrected chi connectivity index (χ0v) is 19.8. The summed E-state index contributed by atoms with van der Waals surface area (Å²) in [7, 11) is -2.08. The van der Waals surface area contributed by atoms with Crippen LogP contribution in [0.2, 0.25) is 0 Å². The molecule has 35 heavy (non-hydrogen) atoms. The molecule has 178 valence electrons. The molecule has 9 heteroatoms. The molecule has 1 fully saturated rings. The highest BCUT2D eigenvalue weighted by Gasteiger charge is 2.28. The number of hydrogen-bond acceptors (Lipinski definition) is 5. The van der Waals surface area contributed by atoms with E-state index in [-0.39, 0.29) is 10.9 Å². The molecule has 0 radical (unpaired) electrons. The quantitative estimate of drug-likeness (QED) is 0.386. The molecule has 1 saturated carbocycles. The summed E-state index contributed by atoms with van der Waals surface area (Å²) in [4.78, 5) is 13.5. The van der Waals surface area contributed by atoms with Gasteiger partial charge < -0.3 is 10.1 Å². The molecule has 0 unspecified atom stereocenters. The smallest absolute Gasteiger partial charge is 0.259 e. The number of benzene rings is 3. The van der Waals surface area contributed by atoms with Crippen LogP contribution < -0.4 is 14.8 Å². The lowest BCUT2D eigenvalue weighted by Crippen LogP contribution is -2.25. The Labute approximate surface area is 203 Å². The Balaban J connectivity index is 1.51. The second-order valence-corrected chi connectivity index (χ2v) is 9.96. The minimum atomic E-state index is -3.65. The van der Waals surface area contributed by atoms with E-state index >= 15 is 0 Å². The fourth-order valence-electron chi connectivity index (χ4n) is 3.72. The molecule has 5 rings (SSSR count). The monoisotopic (exact) mass is 488 g/mol. The highest BCUT2D eigenvalue weighted by Crippen LogP contribution is 2.32. The Kier molecular flexibility index (Phi) is 6.10. The molecule has 1 amide bonds. The molecule has 1 aliphatic rings. The number of methoxy groups -OCH3 is 1. The van der Waals surface area contributed by atoms with Crippen molar-refractivity contribution in [1.82, 2.24) is 14.5 Å². The Morgan fingerprint density at radius 3 is 2.49 bits per heavy atom. The lowest BCUT2D eigenvalue weighted by atomic mass is 10.1. The van der Waals surface area contributed by atoms with E-state index in [0.29, 0.717) is 28.3 Å². The summed E-state index contributed by atoms with van der Waals surface area (Å²) in [5.74, 6) is 0.164. The van der Waals surface area contributed by atoms with Gasteiger partial charge in [-0.2, -0.15) is 5.10 Å². The lowest BCUT2D eigenvalue weighted by Gasteiger charge is -2.10. The van der Waals surface area contributed by atoms with Crippen molar-refractivity contribution in [3.63, 3.8) is 0 Å². The SMILES string of the molecule is COc1ccccc1-c1nn(-c2ccccc2)cc1C(=O)Nc1cccc(S(=O)(=O)NC2CC2)c1. The molecule has 1 aromatic heterocycles. The number of sulfonamides is 1. The van der Waals surface area contributed by atoms with Gasteiger partial charge in [-0.15, -0.1) is 0 Å². The van der Waals surface area contributed by atoms with Crippen LogP contribution in [0.1, 0.15) is 23.2 Å². The molecule has 0 saturated heterocycles. The van der Waals surface area contributed by atoms with Crippen LogP contribution in [0, 0.1) is 0 Å². The predicted octanol–water partition coefficient (Wildman–Crippen LogP) is 4.24. The minimum absolute atomic E-state index is 0.00881. The zero-order chi connectivity index (χ0) is 24.4. The van der Waals surface area contributed by atoms with E-state index in [0.717, 1.165) is 18.5 Å². The number of rotatable bonds is 8. The van der Waals surface area contributed by atoms with Crippen molar-refractivity contribution in [1.29, 1.82) is 0 Å². The number of amides is 1. The zero-order valence-electron chi connectivity index (χ0n) is 19.0. The number of carbonyl (C=O) groups is 1. The first-order chi connectivity index (χ1) is 16.9. The van der Waals surface area contributed by atoms with E-state index in [1.54, 1.807) is 36.2 Å². The van der Waals surface area contributed by atoms with Crippen LogP contribution >= 0.6 is 0 Å². The van der Waals surface area contributed by atoms with Crippen molar-refractivity contribution >= 4 is 21.6 Å². The molecule has 1 aliphatic carbocycles. The Hall–Kier alpha value is -3.95. The maximum absolute atomic E-state index is 13.4. The van der Waals surface area contributed by atoms with Gasteiger partial charge in [0.1, 0.15) is 11.4 Å². The van der Waals surface area contributed by atoms with Gasteiger partial charge in [0.15, 0.2) is 0 Å². The van der Waals surface area contributed by atoms with E-state index in [1.165, 1.54) is 12.1 Å². The molecular formula is C26H24N4O4S. The van der Waals surface area contributed by atoms with Gasteiger partial charge in [-0.05, 0) is 55.3 Å². The highest BCUT2D eigenvalue weighted by atomic mass is 32.2. The Bertz CT molecular complexity index is 1480. The van der Waals surface area contributed by atoms with Gasteiger partial charge in [0.05, 0.1) is 23.3 Å². The maximum Gasteiger partial charge on any atom is 0.259 e. The summed E-state index contributed by atoms with van der Waals surface area (Å²) in [6.07, 6.45) is 3.33. The summed E-state index contributed by atoms with van der Waals surface area (Å²) in [5.41, 5.74) is 2.60. The van der Waals surface area contributed by atoms with Crippen molar-refractivity contribution in [3.05, 3.63) is 90.6 Å². The predicted molar refractivity (Wildman–Crippen MR) is 133 cm³/mol. The van der Waals surface area contributed by atoms with Crippen LogP contribution in [0.3, 0.4) is 0 Å². The second kappa shape index (κ2) is 9.36. The Morgan fingerprint density at radius 2 is 1.74 bits per heavy atom. The van der Waals surface area contributed by atoms with Crippen LogP contribution in [-0.4, -0.2) is 37.3 Å². The minimum Gasteiger partial charge on any atom is -0.496 e. The fourth-order valence-corrected chi connectivity index (χ4v) is 5.07. The average molecular weight is 489 g/mol. The molecule has 0 aliphatic heterocycles. The standard InChI is InChI=1S/C26H24N4O4S/c1-34-24-13-6-5-12-22(24)25-23(17-30(28-25)20-9-3-2-4-10-20)26(31)27-19-8-7-11-21(16-19)35(32,33)29-18-14-15-18/h2-13,16-18,29H,14-15H2,1H3,(H,27,31). The van der Waals surface area contributed by atoms with Crippen LogP contribution in [0.5, 0.6) is 5.75 Å². The first-order valence-corrected chi connectivity index (χ1v) is 12.6. The number of para-hydroxylation sites is 2. The van der Waals surface area contributed by atoms with Crippen molar-refractivity contribution < 1.29 is 17.9 Å². The third kappa shape index (κ3) is 4.96. The van der Waals surface area contributed by atoms with Gasteiger partial charge in [0.2, 0.25) is 10.0 Å². The fraction of sp³-hybridized carbons (Fsp3) is 0.154. The molecule has 0 bridgehead atoms. The summed E-state index contributed by atoms with van der Waals surface area (Å²) < 4.78 is 35.0. The summed E-state index contributed by atoms with van der Waals surface area (Å²) >= 11 is 0. The van der Waals surface area contributed by atoms with Gasteiger partial charge in [-0.1, -0.05) is 36.4 Å². The van der Waals surface area contributed by atoms with Gasteiger partial charge >= 0.3 is 0 Å². The van der Waals surface area contributed by atoms with Crippen LogP contribution in [0.4, 0.5) is 5.69 Å². The van der Waals surface area contributed by atoms with Crippen LogP contribution in [0.25, 0.3) is 16.9 Å². The van der Waals surface area contributed by atoms with Crippen LogP contribution in [-0.2, 0) is 10.0 Å². The maximum atomic E-state index is 13.4. The summed E-state index contributed by atoms with van der Waals surface area (Å²) in [5, 5.41) is 7.52. The number of nitrogens with one attached hydrogen (secondary N) is 2. The molecule has 8 nitrogen and oxygen atoms in total. The highest BCUT2D eigenvalue weighted by molar-refractivity contribution is 7.89. The largest absolute Gasteiger partial charge is 0.496 e. The third-order valence-electron chi connectivity index (χ3n) is 5.64. The summed E-state index contributed by atoms with van der Waals surface area (Å²) in [6, 6.07) is 23.0. The second-order valence-electron chi connectivity index (χ2n) is 8.25. The van der Waals surface area contributed by atoms with Gasteiger partial charge in [-0.25, -0.2) is 17.8 Å². The molecule has 0 spiro atoms. The molecule has 4 aromatic rings. The Morgan fingerprint density at radius 1 is 1.00 bits per heavy atom.